The number of hydrogen-bond donors (Lipinski definition) is 0. The van der Waals surface area contributed by atoms with Gasteiger partial charge in [0.2, 0.25) is 0 Å². The third-order valence-electron chi connectivity index (χ3n) is 1.53. The van der Waals surface area contributed by atoms with Crippen LogP contribution in [0.3, 0.4) is 0 Å². The number of halogens is 1. The van der Waals surface area contributed by atoms with E-state index >= 15 is 0 Å². The Morgan fingerprint density at radius 1 is 1.09 bits per heavy atom. The van der Waals surface area contributed by atoms with Crippen LogP contribution >= 0.6 is 12.4 Å². The second kappa shape index (κ2) is 6.04. The summed E-state index contributed by atoms with van der Waals surface area (Å²) in [4.78, 5) is 2.26. The molecule has 0 radical (unpaired) electrons. The van der Waals surface area contributed by atoms with Gasteiger partial charge >= 0.3 is 0 Å². The molecule has 0 aliphatic carbocycles. The highest BCUT2D eigenvalue weighted by Gasteiger charge is 2.11. The zero-order valence-corrected chi connectivity index (χ0v) is 10.3. The van der Waals surface area contributed by atoms with Crippen molar-refractivity contribution in [3.63, 3.8) is 0 Å². The van der Waals surface area contributed by atoms with E-state index in [-0.39, 0.29) is 12.4 Å². The van der Waals surface area contributed by atoms with Gasteiger partial charge in [0.15, 0.2) is 0 Å². The van der Waals surface area contributed by atoms with E-state index in [4.69, 9.17) is 0 Å². The van der Waals surface area contributed by atoms with E-state index in [1.807, 2.05) is 0 Å². The Hall–Kier alpha value is 0.467. The first kappa shape index (κ1) is 14.0. The SMILES string of the molecule is CN(C)CCC[Si](C)(C)C.Cl. The summed E-state index contributed by atoms with van der Waals surface area (Å²) >= 11 is 0. The average molecular weight is 196 g/mol. The van der Waals surface area contributed by atoms with Crippen LogP contribution in [0.5, 0.6) is 0 Å². The highest BCUT2D eigenvalue weighted by Crippen LogP contribution is 2.10. The number of rotatable bonds is 4. The van der Waals surface area contributed by atoms with Gasteiger partial charge in [0.1, 0.15) is 0 Å². The predicted octanol–water partition coefficient (Wildman–Crippen LogP) is 2.70. The second-order valence-electron chi connectivity index (χ2n) is 4.47. The molecule has 0 aliphatic heterocycles. The summed E-state index contributed by atoms with van der Waals surface area (Å²) in [6.07, 6.45) is 1.38. The predicted molar refractivity (Wildman–Crippen MR) is 58.6 cm³/mol. The minimum atomic E-state index is -0.751. The first-order valence-electron chi connectivity index (χ1n) is 4.06. The first-order chi connectivity index (χ1) is 4.42. The van der Waals surface area contributed by atoms with Crippen LogP contribution in [0.15, 0.2) is 0 Å². The van der Waals surface area contributed by atoms with Gasteiger partial charge in [-0.25, -0.2) is 0 Å². The quantitative estimate of drug-likeness (QED) is 0.624. The molecule has 0 aromatic heterocycles. The molecule has 0 aromatic carbocycles. The van der Waals surface area contributed by atoms with Crippen molar-refractivity contribution in [3.8, 4) is 0 Å². The third kappa shape index (κ3) is 13.5. The maximum absolute atomic E-state index is 2.43. The van der Waals surface area contributed by atoms with Crippen LogP contribution in [0.1, 0.15) is 6.42 Å². The van der Waals surface area contributed by atoms with Gasteiger partial charge in [0.05, 0.1) is 0 Å². The molecule has 3 heteroatoms. The van der Waals surface area contributed by atoms with Gasteiger partial charge in [-0.05, 0) is 27.1 Å². The summed E-state index contributed by atoms with van der Waals surface area (Å²) in [5.74, 6) is 0. The van der Waals surface area contributed by atoms with E-state index in [0.29, 0.717) is 0 Å². The fourth-order valence-corrected chi connectivity index (χ4v) is 2.14. The Morgan fingerprint density at radius 3 is 1.82 bits per heavy atom. The molecule has 0 heterocycles. The minimum absolute atomic E-state index is 0. The topological polar surface area (TPSA) is 3.24 Å². The normalized spacial score (nSPS) is 11.5. The molecular formula is C8H22ClNSi. The molecule has 0 rings (SSSR count). The Labute approximate surface area is 78.6 Å². The molecule has 0 N–H and O–H groups in total. The Kier molecular flexibility index (Phi) is 7.69. The van der Waals surface area contributed by atoms with Crippen molar-refractivity contribution < 1.29 is 0 Å². The van der Waals surface area contributed by atoms with Crippen molar-refractivity contribution in [2.24, 2.45) is 0 Å². The molecule has 0 bridgehead atoms. The Morgan fingerprint density at radius 2 is 1.55 bits per heavy atom. The fourth-order valence-electron chi connectivity index (χ4n) is 0.926. The van der Waals surface area contributed by atoms with E-state index in [0.717, 1.165) is 0 Å². The van der Waals surface area contributed by atoms with Crippen molar-refractivity contribution in [2.45, 2.75) is 32.1 Å². The molecule has 1 nitrogen and oxygen atoms in total. The molecular weight excluding hydrogens is 174 g/mol. The van der Waals surface area contributed by atoms with Crippen LogP contribution in [0.4, 0.5) is 0 Å². The van der Waals surface area contributed by atoms with Crippen molar-refractivity contribution in [2.75, 3.05) is 20.6 Å². The smallest absolute Gasteiger partial charge is 0.0443 e. The van der Waals surface area contributed by atoms with Gasteiger partial charge in [-0.3, -0.25) is 0 Å². The lowest BCUT2D eigenvalue weighted by Crippen LogP contribution is -2.22. The molecule has 0 aromatic rings. The zero-order chi connectivity index (χ0) is 8.20. The van der Waals surface area contributed by atoms with E-state index in [2.05, 4.69) is 38.6 Å². The van der Waals surface area contributed by atoms with Gasteiger partial charge in [0, 0.05) is 8.07 Å². The lowest BCUT2D eigenvalue weighted by atomic mass is 10.5. The number of hydrogen-bond acceptors (Lipinski definition) is 1. The van der Waals surface area contributed by atoms with E-state index in [9.17, 15) is 0 Å². The van der Waals surface area contributed by atoms with E-state index in [1.165, 1.54) is 19.0 Å². The van der Waals surface area contributed by atoms with Gasteiger partial charge in [-0.2, -0.15) is 0 Å². The van der Waals surface area contributed by atoms with E-state index < -0.39 is 8.07 Å². The summed E-state index contributed by atoms with van der Waals surface area (Å²) in [7, 11) is 3.54. The molecule has 0 amide bonds. The highest BCUT2D eigenvalue weighted by molar-refractivity contribution is 6.76. The van der Waals surface area contributed by atoms with Crippen LogP contribution in [0.25, 0.3) is 0 Å². The van der Waals surface area contributed by atoms with Crippen molar-refractivity contribution >= 4 is 20.5 Å². The summed E-state index contributed by atoms with van der Waals surface area (Å²) in [6.45, 7) is 8.55. The van der Waals surface area contributed by atoms with Crippen LogP contribution in [-0.4, -0.2) is 33.6 Å². The third-order valence-corrected chi connectivity index (χ3v) is 3.39. The van der Waals surface area contributed by atoms with Gasteiger partial charge in [-0.15, -0.1) is 12.4 Å². The lowest BCUT2D eigenvalue weighted by molar-refractivity contribution is 0.407. The summed E-state index contributed by atoms with van der Waals surface area (Å²) in [5, 5.41) is 0. The van der Waals surface area contributed by atoms with Gasteiger partial charge < -0.3 is 4.90 Å². The van der Waals surface area contributed by atoms with E-state index in [1.54, 1.807) is 0 Å². The molecule has 11 heavy (non-hydrogen) atoms. The van der Waals surface area contributed by atoms with Gasteiger partial charge in [0.25, 0.3) is 0 Å². The molecule has 0 unspecified atom stereocenters. The van der Waals surface area contributed by atoms with Crippen molar-refractivity contribution in [1.82, 2.24) is 4.90 Å². The standard InChI is InChI=1S/C8H21NSi.ClH/c1-9(2)7-6-8-10(3,4)5;/h6-8H2,1-5H3;1H. The molecule has 70 valence electrons. The number of nitrogens with zero attached hydrogens (tertiary/aromatic N) is 1. The van der Waals surface area contributed by atoms with Crippen LogP contribution in [0.2, 0.25) is 25.7 Å². The fraction of sp³-hybridized carbons (Fsp3) is 1.00. The maximum Gasteiger partial charge on any atom is 0.0443 e. The maximum atomic E-state index is 2.43. The summed E-state index contributed by atoms with van der Waals surface area (Å²) in [5.41, 5.74) is 0. The average Bonchev–Trinajstić information content (AvgIpc) is 1.59. The van der Waals surface area contributed by atoms with Gasteiger partial charge in [-0.1, -0.05) is 25.7 Å². The minimum Gasteiger partial charge on any atom is -0.309 e. The van der Waals surface area contributed by atoms with Crippen molar-refractivity contribution in [3.05, 3.63) is 0 Å². The van der Waals surface area contributed by atoms with Crippen LogP contribution < -0.4 is 0 Å². The highest BCUT2D eigenvalue weighted by atomic mass is 35.5. The largest absolute Gasteiger partial charge is 0.309 e. The molecule has 0 aliphatic rings. The Bertz CT molecular complexity index is 88.6. The van der Waals surface area contributed by atoms with Crippen molar-refractivity contribution in [1.29, 1.82) is 0 Å². The molecule has 0 spiro atoms. The van der Waals surface area contributed by atoms with Crippen LogP contribution in [0, 0.1) is 0 Å². The molecule has 0 fully saturated rings. The lowest BCUT2D eigenvalue weighted by Gasteiger charge is -2.17. The monoisotopic (exact) mass is 195 g/mol. The molecule has 0 saturated carbocycles. The summed E-state index contributed by atoms with van der Waals surface area (Å²) < 4.78 is 0. The second-order valence-corrected chi connectivity index (χ2v) is 10.1. The Balaban J connectivity index is 0. The first-order valence-corrected chi connectivity index (χ1v) is 7.77. The summed E-state index contributed by atoms with van der Waals surface area (Å²) in [6, 6.07) is 1.46. The molecule has 0 atom stereocenters. The molecule has 0 saturated heterocycles. The zero-order valence-electron chi connectivity index (χ0n) is 8.48. The van der Waals surface area contributed by atoms with Crippen LogP contribution in [-0.2, 0) is 0 Å².